The maximum Gasteiger partial charge on any atom is 0.191 e. The molecule has 0 saturated carbocycles. The number of benzene rings is 1. The highest BCUT2D eigenvalue weighted by molar-refractivity contribution is 14.0. The molecule has 2 aromatic rings. The van der Waals surface area contributed by atoms with Crippen LogP contribution in [0.3, 0.4) is 0 Å². The van der Waals surface area contributed by atoms with Crippen molar-refractivity contribution in [2.75, 3.05) is 24.5 Å². The molecule has 3 rings (SSSR count). The fourth-order valence-electron chi connectivity index (χ4n) is 3.07. The van der Waals surface area contributed by atoms with Crippen LogP contribution in [-0.4, -0.2) is 36.8 Å². The van der Waals surface area contributed by atoms with Crippen LogP contribution in [0.1, 0.15) is 31.7 Å². The second-order valence-corrected chi connectivity index (χ2v) is 7.21. The van der Waals surface area contributed by atoms with Crippen LogP contribution in [0, 0.1) is 0 Å². The van der Waals surface area contributed by atoms with E-state index in [1.807, 2.05) is 12.1 Å². The second-order valence-electron chi connectivity index (χ2n) is 6.36. The van der Waals surface area contributed by atoms with Crippen LogP contribution in [0.15, 0.2) is 44.3 Å². The smallest absolute Gasteiger partial charge is 0.191 e. The molecule has 1 atom stereocenters. The number of hydrogen-bond acceptors (Lipinski definition) is 4. The minimum atomic E-state index is 0. The average molecular weight is 548 g/mol. The minimum absolute atomic E-state index is 0. The molecule has 1 aromatic carbocycles. The van der Waals surface area contributed by atoms with Crippen molar-refractivity contribution in [3.8, 4) is 0 Å². The number of hydrogen-bond donors (Lipinski definition) is 2. The summed E-state index contributed by atoms with van der Waals surface area (Å²) >= 11 is 3.65. The summed E-state index contributed by atoms with van der Waals surface area (Å²) in [6, 6.07) is 10.7. The van der Waals surface area contributed by atoms with Gasteiger partial charge in [0.05, 0.1) is 11.4 Å². The Hall–Kier alpha value is -1.29. The van der Waals surface area contributed by atoms with Gasteiger partial charge < -0.3 is 20.1 Å². The zero-order chi connectivity index (χ0) is 18.4. The fourth-order valence-corrected chi connectivity index (χ4v) is 3.61. The zero-order valence-electron chi connectivity index (χ0n) is 15.7. The van der Waals surface area contributed by atoms with E-state index in [2.05, 4.69) is 73.7 Å². The van der Waals surface area contributed by atoms with Gasteiger partial charge in [0.1, 0.15) is 6.54 Å². The summed E-state index contributed by atoms with van der Waals surface area (Å²) in [4.78, 5) is 7.04. The summed E-state index contributed by atoms with van der Waals surface area (Å²) in [5, 5.41) is 10.9. The molecule has 0 amide bonds. The maximum atomic E-state index is 5.32. The van der Waals surface area contributed by atoms with E-state index in [0.717, 1.165) is 54.4 Å². The predicted octanol–water partition coefficient (Wildman–Crippen LogP) is 3.95. The molecule has 6 nitrogen and oxygen atoms in total. The molecule has 1 aromatic heterocycles. The van der Waals surface area contributed by atoms with Crippen molar-refractivity contribution in [1.82, 2.24) is 15.8 Å². The molecule has 0 radical (unpaired) electrons. The summed E-state index contributed by atoms with van der Waals surface area (Å²) < 4.78 is 6.45. The third-order valence-corrected chi connectivity index (χ3v) is 5.10. The van der Waals surface area contributed by atoms with E-state index in [9.17, 15) is 0 Å². The Bertz CT molecular complexity index is 751. The van der Waals surface area contributed by atoms with Gasteiger partial charge in [-0.1, -0.05) is 24.2 Å². The Kier molecular flexibility index (Phi) is 8.88. The number of halogens is 2. The van der Waals surface area contributed by atoms with Crippen LogP contribution >= 0.6 is 39.9 Å². The van der Waals surface area contributed by atoms with Gasteiger partial charge in [0.2, 0.25) is 0 Å². The molecule has 2 heterocycles. The lowest BCUT2D eigenvalue weighted by Gasteiger charge is -2.21. The molecule has 27 heavy (non-hydrogen) atoms. The summed E-state index contributed by atoms with van der Waals surface area (Å²) in [6.07, 6.45) is 1.95. The molecule has 1 aliphatic heterocycles. The molecule has 0 aliphatic carbocycles. The maximum absolute atomic E-state index is 5.32. The summed E-state index contributed by atoms with van der Waals surface area (Å²) in [5.74, 6) is 1.61. The van der Waals surface area contributed by atoms with E-state index < -0.39 is 0 Å². The van der Waals surface area contributed by atoms with E-state index in [1.54, 1.807) is 0 Å². The van der Waals surface area contributed by atoms with Crippen molar-refractivity contribution < 1.29 is 4.52 Å². The summed E-state index contributed by atoms with van der Waals surface area (Å²) in [5.41, 5.74) is 2.21. The quantitative estimate of drug-likeness (QED) is 0.326. The average Bonchev–Trinajstić information content (AvgIpc) is 3.29. The molecule has 148 valence electrons. The van der Waals surface area contributed by atoms with Crippen molar-refractivity contribution in [3.05, 3.63) is 46.3 Å². The highest BCUT2D eigenvalue weighted by atomic mass is 127. The normalized spacial score (nSPS) is 16.9. The lowest BCUT2D eigenvalue weighted by molar-refractivity contribution is 0.379. The third kappa shape index (κ3) is 6.10. The lowest BCUT2D eigenvalue weighted by atomic mass is 10.2. The Morgan fingerprint density at radius 3 is 2.89 bits per heavy atom. The number of aliphatic imine (C=N–C) groups is 1. The number of nitrogens with one attached hydrogen (secondary N) is 2. The monoisotopic (exact) mass is 547 g/mol. The summed E-state index contributed by atoms with van der Waals surface area (Å²) in [6.45, 7) is 7.43. The van der Waals surface area contributed by atoms with Crippen LogP contribution in [0.2, 0.25) is 0 Å². The first kappa shape index (κ1) is 22.0. The van der Waals surface area contributed by atoms with Crippen LogP contribution < -0.4 is 15.5 Å². The van der Waals surface area contributed by atoms with Gasteiger partial charge in [-0.05, 0) is 47.8 Å². The Morgan fingerprint density at radius 2 is 2.19 bits per heavy atom. The predicted molar refractivity (Wildman–Crippen MR) is 124 cm³/mol. The van der Waals surface area contributed by atoms with Gasteiger partial charge in [-0.15, -0.1) is 24.0 Å². The molecular formula is C19H27BrIN5O. The topological polar surface area (TPSA) is 65.7 Å². The highest BCUT2D eigenvalue weighted by Crippen LogP contribution is 2.28. The van der Waals surface area contributed by atoms with Crippen LogP contribution in [0.25, 0.3) is 0 Å². The van der Waals surface area contributed by atoms with Crippen LogP contribution in [0.5, 0.6) is 0 Å². The second kappa shape index (κ2) is 10.9. The first-order chi connectivity index (χ1) is 12.7. The van der Waals surface area contributed by atoms with Gasteiger partial charge in [-0.2, -0.15) is 0 Å². The molecule has 1 aliphatic rings. The van der Waals surface area contributed by atoms with Crippen molar-refractivity contribution >= 4 is 51.6 Å². The van der Waals surface area contributed by atoms with E-state index in [-0.39, 0.29) is 24.0 Å². The van der Waals surface area contributed by atoms with E-state index in [1.165, 1.54) is 5.69 Å². The Morgan fingerprint density at radius 1 is 1.37 bits per heavy atom. The Balaban J connectivity index is 0.00000261. The van der Waals surface area contributed by atoms with E-state index >= 15 is 0 Å². The number of rotatable bonds is 6. The van der Waals surface area contributed by atoms with Gasteiger partial charge >= 0.3 is 0 Å². The van der Waals surface area contributed by atoms with Gasteiger partial charge in [0.15, 0.2) is 11.7 Å². The fraction of sp³-hybridized carbons (Fsp3) is 0.474. The molecule has 0 spiro atoms. The minimum Gasteiger partial charge on any atom is -0.368 e. The number of aryl methyl sites for hydroxylation is 1. The van der Waals surface area contributed by atoms with Crippen molar-refractivity contribution in [3.63, 3.8) is 0 Å². The summed E-state index contributed by atoms with van der Waals surface area (Å²) in [7, 11) is 0. The van der Waals surface area contributed by atoms with Crippen molar-refractivity contribution in [1.29, 1.82) is 0 Å². The standard InChI is InChI=1S/C19H26BrN5O.HI/c1-3-14-11-16(26-24-14)12-22-19(21-4-2)23-15-9-10-25(13-15)18-8-6-5-7-17(18)20;/h5-8,11,15H,3-4,9-10,12-13H2,1-2H3,(H2,21,22,23);1H. The molecule has 2 N–H and O–H groups in total. The van der Waals surface area contributed by atoms with Gasteiger partial charge in [0.25, 0.3) is 0 Å². The number of anilines is 1. The highest BCUT2D eigenvalue weighted by Gasteiger charge is 2.24. The van der Waals surface area contributed by atoms with E-state index in [0.29, 0.717) is 12.6 Å². The number of aromatic nitrogens is 1. The number of guanidine groups is 1. The number of para-hydroxylation sites is 1. The zero-order valence-corrected chi connectivity index (χ0v) is 19.7. The van der Waals surface area contributed by atoms with E-state index in [4.69, 9.17) is 4.52 Å². The molecule has 0 bridgehead atoms. The SMILES string of the molecule is CCNC(=NCc1cc(CC)no1)NC1CCN(c2ccccc2Br)C1.I. The first-order valence-corrected chi connectivity index (χ1v) is 9.97. The van der Waals surface area contributed by atoms with Crippen LogP contribution in [0.4, 0.5) is 5.69 Å². The number of nitrogens with zero attached hydrogens (tertiary/aromatic N) is 3. The molecule has 8 heteroatoms. The lowest BCUT2D eigenvalue weighted by Crippen LogP contribution is -2.44. The molecule has 1 saturated heterocycles. The largest absolute Gasteiger partial charge is 0.368 e. The van der Waals surface area contributed by atoms with Crippen molar-refractivity contribution in [2.45, 2.75) is 39.3 Å². The first-order valence-electron chi connectivity index (χ1n) is 9.18. The van der Waals surface area contributed by atoms with Crippen LogP contribution in [-0.2, 0) is 13.0 Å². The van der Waals surface area contributed by atoms with Gasteiger partial charge in [0, 0.05) is 36.2 Å². The molecule has 1 unspecified atom stereocenters. The molecule has 1 fully saturated rings. The molecular weight excluding hydrogens is 521 g/mol. The van der Waals surface area contributed by atoms with Crippen molar-refractivity contribution in [2.24, 2.45) is 4.99 Å². The van der Waals surface area contributed by atoms with Gasteiger partial charge in [-0.3, -0.25) is 0 Å². The third-order valence-electron chi connectivity index (χ3n) is 4.43. The Labute approximate surface area is 186 Å². The van der Waals surface area contributed by atoms with Gasteiger partial charge in [-0.25, -0.2) is 4.99 Å².